The summed E-state index contributed by atoms with van der Waals surface area (Å²) < 4.78 is 1.96. The van der Waals surface area contributed by atoms with E-state index in [1.54, 1.807) is 6.08 Å². The molecule has 0 amide bonds. The summed E-state index contributed by atoms with van der Waals surface area (Å²) in [6.45, 7) is 13.0. The fraction of sp³-hybridized carbons (Fsp3) is 0.562. The Labute approximate surface area is 121 Å². The Kier molecular flexibility index (Phi) is 6.52. The van der Waals surface area contributed by atoms with Crippen molar-refractivity contribution in [1.82, 2.24) is 9.47 Å². The van der Waals surface area contributed by atoms with Crippen LogP contribution in [0.15, 0.2) is 23.5 Å². The van der Waals surface area contributed by atoms with Crippen molar-refractivity contribution < 1.29 is 5.11 Å². The highest BCUT2D eigenvalue weighted by molar-refractivity contribution is 5.30. The van der Waals surface area contributed by atoms with E-state index in [-0.39, 0.29) is 11.2 Å². The molecule has 1 aromatic rings. The molecule has 0 aliphatic rings. The van der Waals surface area contributed by atoms with Crippen LogP contribution >= 0.6 is 0 Å². The van der Waals surface area contributed by atoms with Gasteiger partial charge in [0, 0.05) is 24.8 Å². The molecule has 112 valence electrons. The Morgan fingerprint density at radius 3 is 2.45 bits per heavy atom. The van der Waals surface area contributed by atoms with E-state index in [0.717, 1.165) is 31.6 Å². The minimum atomic E-state index is -0.300. The minimum Gasteiger partial charge on any atom is -0.503 e. The van der Waals surface area contributed by atoms with Crippen molar-refractivity contribution in [2.45, 2.75) is 46.7 Å². The zero-order valence-electron chi connectivity index (χ0n) is 12.9. The summed E-state index contributed by atoms with van der Waals surface area (Å²) in [6.07, 6.45) is 3.89. The van der Waals surface area contributed by atoms with Crippen LogP contribution in [0, 0.1) is 6.92 Å². The monoisotopic (exact) mass is 278 g/mol. The van der Waals surface area contributed by atoms with Gasteiger partial charge in [0.15, 0.2) is 5.75 Å². The Morgan fingerprint density at radius 1 is 1.35 bits per heavy atom. The molecule has 1 heterocycles. The van der Waals surface area contributed by atoms with Crippen LogP contribution in [-0.4, -0.2) is 27.7 Å². The first kappa shape index (κ1) is 16.5. The highest BCUT2D eigenvalue weighted by atomic mass is 16.3. The third-order valence-electron chi connectivity index (χ3n) is 3.36. The van der Waals surface area contributed by atoms with Gasteiger partial charge in [-0.05, 0) is 32.9 Å². The average molecular weight is 278 g/mol. The summed E-state index contributed by atoms with van der Waals surface area (Å²) in [6, 6.07) is 1.48. The van der Waals surface area contributed by atoms with Gasteiger partial charge in [-0.2, -0.15) is 0 Å². The third-order valence-corrected chi connectivity index (χ3v) is 3.36. The maximum Gasteiger partial charge on any atom is 0.223 e. The number of nitrogens with zero attached hydrogens (tertiary/aromatic N) is 2. The van der Waals surface area contributed by atoms with Gasteiger partial charge in [0.25, 0.3) is 0 Å². The molecule has 0 radical (unpaired) electrons. The fourth-order valence-electron chi connectivity index (χ4n) is 2.48. The molecule has 1 N–H and O–H groups in total. The molecular formula is C16H26N2O2. The summed E-state index contributed by atoms with van der Waals surface area (Å²) in [5.41, 5.74) is 1.25. The Bertz CT molecular complexity index is 500. The minimum absolute atomic E-state index is 0.130. The SMILES string of the molecule is C=CCn1c(C)cc(=O)c(O)c1CN(CCC)CCC. The van der Waals surface area contributed by atoms with Crippen molar-refractivity contribution in [3.05, 3.63) is 40.3 Å². The van der Waals surface area contributed by atoms with E-state index in [9.17, 15) is 9.90 Å². The summed E-state index contributed by atoms with van der Waals surface area (Å²) in [7, 11) is 0. The number of hydrogen-bond donors (Lipinski definition) is 1. The van der Waals surface area contributed by atoms with Gasteiger partial charge >= 0.3 is 0 Å². The second kappa shape index (κ2) is 7.90. The smallest absolute Gasteiger partial charge is 0.223 e. The van der Waals surface area contributed by atoms with E-state index in [2.05, 4.69) is 25.3 Å². The van der Waals surface area contributed by atoms with E-state index in [0.29, 0.717) is 18.8 Å². The molecular weight excluding hydrogens is 252 g/mol. The fourth-order valence-corrected chi connectivity index (χ4v) is 2.48. The van der Waals surface area contributed by atoms with Crippen molar-refractivity contribution in [1.29, 1.82) is 0 Å². The van der Waals surface area contributed by atoms with E-state index in [4.69, 9.17) is 0 Å². The largest absolute Gasteiger partial charge is 0.503 e. The van der Waals surface area contributed by atoms with Crippen LogP contribution in [0.1, 0.15) is 38.1 Å². The topological polar surface area (TPSA) is 45.5 Å². The van der Waals surface area contributed by atoms with Gasteiger partial charge in [-0.15, -0.1) is 6.58 Å². The number of rotatable bonds is 8. The Balaban J connectivity index is 3.19. The van der Waals surface area contributed by atoms with Crippen LogP contribution in [-0.2, 0) is 13.1 Å². The van der Waals surface area contributed by atoms with Crippen LogP contribution in [0.3, 0.4) is 0 Å². The van der Waals surface area contributed by atoms with Gasteiger partial charge in [0.05, 0.1) is 5.69 Å². The number of pyridine rings is 1. The second-order valence-corrected chi connectivity index (χ2v) is 5.12. The normalized spacial score (nSPS) is 11.0. The van der Waals surface area contributed by atoms with Gasteiger partial charge in [-0.1, -0.05) is 19.9 Å². The maximum atomic E-state index is 11.8. The number of aryl methyl sites for hydroxylation is 1. The van der Waals surface area contributed by atoms with Crippen LogP contribution in [0.5, 0.6) is 5.75 Å². The average Bonchev–Trinajstić information content (AvgIpc) is 2.40. The van der Waals surface area contributed by atoms with Gasteiger partial charge in [-0.25, -0.2) is 0 Å². The van der Waals surface area contributed by atoms with Gasteiger partial charge < -0.3 is 9.67 Å². The van der Waals surface area contributed by atoms with Crippen molar-refractivity contribution in [2.24, 2.45) is 0 Å². The number of aromatic nitrogens is 1. The molecule has 0 aliphatic heterocycles. The van der Waals surface area contributed by atoms with E-state index >= 15 is 0 Å². The molecule has 0 saturated carbocycles. The highest BCUT2D eigenvalue weighted by Gasteiger charge is 2.15. The number of hydrogen-bond acceptors (Lipinski definition) is 3. The molecule has 0 spiro atoms. The Hall–Kier alpha value is -1.55. The van der Waals surface area contributed by atoms with Gasteiger partial charge in [0.1, 0.15) is 0 Å². The van der Waals surface area contributed by atoms with Crippen LogP contribution in [0.4, 0.5) is 0 Å². The molecule has 0 aromatic carbocycles. The predicted octanol–water partition coefficient (Wildman–Crippen LogP) is 2.67. The first-order valence-electron chi connectivity index (χ1n) is 7.30. The number of allylic oxidation sites excluding steroid dienone is 1. The molecule has 0 fully saturated rings. The first-order chi connectivity index (χ1) is 9.54. The van der Waals surface area contributed by atoms with Gasteiger partial charge in [-0.3, -0.25) is 9.69 Å². The maximum absolute atomic E-state index is 11.8. The standard InChI is InChI=1S/C16H26N2O2/c1-5-8-17(9-6-2)12-14-16(20)15(19)11-13(4)18(14)10-7-3/h7,11,20H,3,5-6,8-10,12H2,1-2,4H3. The zero-order valence-corrected chi connectivity index (χ0v) is 12.9. The highest BCUT2D eigenvalue weighted by Crippen LogP contribution is 2.17. The molecule has 0 bridgehead atoms. The van der Waals surface area contributed by atoms with Crippen molar-refractivity contribution in [3.63, 3.8) is 0 Å². The lowest BCUT2D eigenvalue weighted by Gasteiger charge is -2.24. The summed E-state index contributed by atoms with van der Waals surface area (Å²) in [5.74, 6) is -0.130. The van der Waals surface area contributed by atoms with Crippen LogP contribution < -0.4 is 5.43 Å². The quantitative estimate of drug-likeness (QED) is 0.744. The zero-order chi connectivity index (χ0) is 15.1. The molecule has 4 heteroatoms. The lowest BCUT2D eigenvalue weighted by Crippen LogP contribution is -2.28. The Morgan fingerprint density at radius 2 is 1.95 bits per heavy atom. The van der Waals surface area contributed by atoms with E-state index in [1.165, 1.54) is 6.07 Å². The van der Waals surface area contributed by atoms with Crippen molar-refractivity contribution in [3.8, 4) is 5.75 Å². The summed E-state index contributed by atoms with van der Waals surface area (Å²) in [5, 5.41) is 10.1. The third kappa shape index (κ3) is 3.97. The molecule has 0 atom stereocenters. The van der Waals surface area contributed by atoms with E-state index in [1.807, 2.05) is 11.5 Å². The molecule has 20 heavy (non-hydrogen) atoms. The summed E-state index contributed by atoms with van der Waals surface area (Å²) in [4.78, 5) is 14.1. The molecule has 0 saturated heterocycles. The second-order valence-electron chi connectivity index (χ2n) is 5.12. The van der Waals surface area contributed by atoms with Crippen molar-refractivity contribution >= 4 is 0 Å². The first-order valence-corrected chi connectivity index (χ1v) is 7.30. The van der Waals surface area contributed by atoms with Crippen molar-refractivity contribution in [2.75, 3.05) is 13.1 Å². The summed E-state index contributed by atoms with van der Waals surface area (Å²) >= 11 is 0. The molecule has 1 rings (SSSR count). The van der Waals surface area contributed by atoms with Crippen LogP contribution in [0.2, 0.25) is 0 Å². The number of aromatic hydroxyl groups is 1. The van der Waals surface area contributed by atoms with Crippen LogP contribution in [0.25, 0.3) is 0 Å². The van der Waals surface area contributed by atoms with E-state index < -0.39 is 0 Å². The molecule has 4 nitrogen and oxygen atoms in total. The lowest BCUT2D eigenvalue weighted by atomic mass is 10.2. The lowest BCUT2D eigenvalue weighted by molar-refractivity contribution is 0.254. The predicted molar refractivity (Wildman–Crippen MR) is 83.2 cm³/mol. The molecule has 1 aromatic heterocycles. The molecule has 0 unspecified atom stereocenters. The van der Waals surface area contributed by atoms with Gasteiger partial charge in [0.2, 0.25) is 5.43 Å². The molecule has 0 aliphatic carbocycles.